The summed E-state index contributed by atoms with van der Waals surface area (Å²) in [6.45, 7) is 2.37. The largest absolute Gasteiger partial charge is 0.316 e. The van der Waals surface area contributed by atoms with E-state index in [0.29, 0.717) is 0 Å². The summed E-state index contributed by atoms with van der Waals surface area (Å²) >= 11 is 1.87. The van der Waals surface area contributed by atoms with E-state index in [4.69, 9.17) is 0 Å². The van der Waals surface area contributed by atoms with Gasteiger partial charge in [0.1, 0.15) is 0 Å². The van der Waals surface area contributed by atoms with Crippen LogP contribution in [0.2, 0.25) is 0 Å². The van der Waals surface area contributed by atoms with Crippen LogP contribution in [0.25, 0.3) is 0 Å². The molecule has 0 saturated carbocycles. The van der Waals surface area contributed by atoms with Crippen molar-refractivity contribution in [2.45, 2.75) is 11.4 Å². The molecule has 1 atom stereocenters. The van der Waals surface area contributed by atoms with Crippen molar-refractivity contribution < 1.29 is 0 Å². The Balaban J connectivity index is 1.79. The Labute approximate surface area is 83.1 Å². The first kappa shape index (κ1) is 9.03. The molecule has 1 unspecified atom stereocenters. The highest BCUT2D eigenvalue weighted by molar-refractivity contribution is 7.99. The number of pyridine rings is 1. The van der Waals surface area contributed by atoms with E-state index in [2.05, 4.69) is 16.4 Å². The molecule has 1 saturated heterocycles. The van der Waals surface area contributed by atoms with Gasteiger partial charge in [-0.25, -0.2) is 4.98 Å². The molecule has 13 heavy (non-hydrogen) atoms. The summed E-state index contributed by atoms with van der Waals surface area (Å²) in [5.41, 5.74) is 0. The van der Waals surface area contributed by atoms with Gasteiger partial charge in [-0.2, -0.15) is 0 Å². The zero-order chi connectivity index (χ0) is 8.93. The van der Waals surface area contributed by atoms with Crippen molar-refractivity contribution in [1.82, 2.24) is 10.3 Å². The predicted octanol–water partition coefficient (Wildman–Crippen LogP) is 1.78. The Morgan fingerprint density at radius 3 is 3.23 bits per heavy atom. The zero-order valence-corrected chi connectivity index (χ0v) is 8.39. The van der Waals surface area contributed by atoms with Crippen molar-refractivity contribution in [2.24, 2.45) is 5.92 Å². The first-order valence-electron chi connectivity index (χ1n) is 4.70. The Kier molecular flexibility index (Phi) is 3.22. The Morgan fingerprint density at radius 1 is 1.54 bits per heavy atom. The third-order valence-electron chi connectivity index (χ3n) is 2.27. The third kappa shape index (κ3) is 2.71. The fraction of sp³-hybridized carbons (Fsp3) is 0.500. The van der Waals surface area contributed by atoms with E-state index in [1.54, 1.807) is 0 Å². The van der Waals surface area contributed by atoms with Crippen LogP contribution in [0.1, 0.15) is 6.42 Å². The SMILES string of the molecule is c1ccc(SCC2CCNC2)nc1. The van der Waals surface area contributed by atoms with Crippen molar-refractivity contribution in [3.05, 3.63) is 24.4 Å². The van der Waals surface area contributed by atoms with Crippen molar-refractivity contribution in [2.75, 3.05) is 18.8 Å². The van der Waals surface area contributed by atoms with Crippen LogP contribution in [-0.4, -0.2) is 23.8 Å². The minimum absolute atomic E-state index is 0.840. The predicted molar refractivity (Wildman–Crippen MR) is 55.9 cm³/mol. The van der Waals surface area contributed by atoms with Crippen LogP contribution in [-0.2, 0) is 0 Å². The van der Waals surface area contributed by atoms with E-state index in [-0.39, 0.29) is 0 Å². The van der Waals surface area contributed by atoms with Crippen LogP contribution in [0.3, 0.4) is 0 Å². The van der Waals surface area contributed by atoms with Crippen LogP contribution in [0.5, 0.6) is 0 Å². The molecule has 2 heterocycles. The molecule has 2 rings (SSSR count). The second kappa shape index (κ2) is 4.63. The van der Waals surface area contributed by atoms with Gasteiger partial charge in [0.2, 0.25) is 0 Å². The number of aromatic nitrogens is 1. The summed E-state index contributed by atoms with van der Waals surface area (Å²) in [4.78, 5) is 4.28. The number of hydrogen-bond donors (Lipinski definition) is 1. The first-order chi connectivity index (χ1) is 6.45. The molecule has 0 spiro atoms. The van der Waals surface area contributed by atoms with Crippen molar-refractivity contribution >= 4 is 11.8 Å². The maximum Gasteiger partial charge on any atom is 0.0959 e. The molecule has 1 aromatic rings. The molecule has 1 aliphatic rings. The number of thioether (sulfide) groups is 1. The number of hydrogen-bond acceptors (Lipinski definition) is 3. The topological polar surface area (TPSA) is 24.9 Å². The Bertz CT molecular complexity index is 244. The van der Waals surface area contributed by atoms with E-state index >= 15 is 0 Å². The van der Waals surface area contributed by atoms with Gasteiger partial charge in [-0.05, 0) is 37.6 Å². The van der Waals surface area contributed by atoms with E-state index in [1.807, 2.05) is 30.1 Å². The standard InChI is InChI=1S/C10H14N2S/c1-2-5-12-10(3-1)13-8-9-4-6-11-7-9/h1-3,5,9,11H,4,6-8H2. The van der Waals surface area contributed by atoms with Crippen LogP contribution < -0.4 is 5.32 Å². The molecule has 0 radical (unpaired) electrons. The molecule has 1 fully saturated rings. The van der Waals surface area contributed by atoms with Gasteiger partial charge in [-0.1, -0.05) is 6.07 Å². The fourth-order valence-corrected chi connectivity index (χ4v) is 2.49. The highest BCUT2D eigenvalue weighted by Crippen LogP contribution is 2.20. The van der Waals surface area contributed by atoms with Crippen LogP contribution >= 0.6 is 11.8 Å². The summed E-state index contributed by atoms with van der Waals surface area (Å²) in [6.07, 6.45) is 3.18. The van der Waals surface area contributed by atoms with Gasteiger partial charge in [0.15, 0.2) is 0 Å². The van der Waals surface area contributed by atoms with Gasteiger partial charge in [0, 0.05) is 11.9 Å². The summed E-state index contributed by atoms with van der Waals surface area (Å²) in [6, 6.07) is 6.08. The average molecular weight is 194 g/mol. The van der Waals surface area contributed by atoms with Gasteiger partial charge in [0.25, 0.3) is 0 Å². The lowest BCUT2D eigenvalue weighted by atomic mass is 10.2. The molecule has 70 valence electrons. The smallest absolute Gasteiger partial charge is 0.0959 e. The number of rotatable bonds is 3. The lowest BCUT2D eigenvalue weighted by molar-refractivity contribution is 0.662. The fourth-order valence-electron chi connectivity index (χ4n) is 1.49. The lowest BCUT2D eigenvalue weighted by Gasteiger charge is -2.05. The Hall–Kier alpha value is -0.540. The second-order valence-electron chi connectivity index (χ2n) is 3.34. The molecule has 1 aliphatic heterocycles. The third-order valence-corrected chi connectivity index (χ3v) is 3.44. The zero-order valence-electron chi connectivity index (χ0n) is 7.57. The van der Waals surface area contributed by atoms with E-state index < -0.39 is 0 Å². The van der Waals surface area contributed by atoms with Gasteiger partial charge in [-0.15, -0.1) is 11.8 Å². The minimum atomic E-state index is 0.840. The normalized spacial score (nSPS) is 22.0. The molecule has 1 aromatic heterocycles. The summed E-state index contributed by atoms with van der Waals surface area (Å²) in [5.74, 6) is 2.04. The van der Waals surface area contributed by atoms with E-state index in [9.17, 15) is 0 Å². The molecule has 1 N–H and O–H groups in total. The minimum Gasteiger partial charge on any atom is -0.316 e. The molecule has 3 heteroatoms. The molecular weight excluding hydrogens is 180 g/mol. The van der Waals surface area contributed by atoms with Crippen LogP contribution in [0.4, 0.5) is 0 Å². The van der Waals surface area contributed by atoms with Gasteiger partial charge >= 0.3 is 0 Å². The molecule has 2 nitrogen and oxygen atoms in total. The highest BCUT2D eigenvalue weighted by Gasteiger charge is 2.14. The number of nitrogens with one attached hydrogen (secondary N) is 1. The van der Waals surface area contributed by atoms with E-state index in [0.717, 1.165) is 10.9 Å². The average Bonchev–Trinajstić information content (AvgIpc) is 2.69. The summed E-state index contributed by atoms with van der Waals surface area (Å²) in [5, 5.41) is 4.52. The van der Waals surface area contributed by atoms with Crippen molar-refractivity contribution in [3.63, 3.8) is 0 Å². The summed E-state index contributed by atoms with van der Waals surface area (Å²) in [7, 11) is 0. The first-order valence-corrected chi connectivity index (χ1v) is 5.68. The molecule has 0 aromatic carbocycles. The maximum absolute atomic E-state index is 4.28. The van der Waals surface area contributed by atoms with Crippen LogP contribution in [0, 0.1) is 5.92 Å². The molecule has 0 aliphatic carbocycles. The molecule has 0 bridgehead atoms. The quantitative estimate of drug-likeness (QED) is 0.742. The van der Waals surface area contributed by atoms with Gasteiger partial charge in [-0.3, -0.25) is 0 Å². The Morgan fingerprint density at radius 2 is 2.54 bits per heavy atom. The lowest BCUT2D eigenvalue weighted by Crippen LogP contribution is -2.10. The van der Waals surface area contributed by atoms with Gasteiger partial charge in [0.05, 0.1) is 5.03 Å². The van der Waals surface area contributed by atoms with Crippen molar-refractivity contribution in [3.8, 4) is 0 Å². The summed E-state index contributed by atoms with van der Waals surface area (Å²) < 4.78 is 0. The van der Waals surface area contributed by atoms with Crippen LogP contribution in [0.15, 0.2) is 29.4 Å². The molecular formula is C10H14N2S. The maximum atomic E-state index is 4.28. The van der Waals surface area contributed by atoms with Crippen molar-refractivity contribution in [1.29, 1.82) is 0 Å². The highest BCUT2D eigenvalue weighted by atomic mass is 32.2. The number of nitrogens with zero attached hydrogens (tertiary/aromatic N) is 1. The monoisotopic (exact) mass is 194 g/mol. The second-order valence-corrected chi connectivity index (χ2v) is 4.38. The van der Waals surface area contributed by atoms with Gasteiger partial charge < -0.3 is 5.32 Å². The van der Waals surface area contributed by atoms with E-state index in [1.165, 1.54) is 25.3 Å². The molecule has 0 amide bonds.